The number of hydrogen-bond acceptors (Lipinski definition) is 9. The number of aliphatic hydroxyl groups excluding tert-OH is 2. The van der Waals surface area contributed by atoms with Crippen LogP contribution in [-0.4, -0.2) is 75.2 Å². The minimum absolute atomic E-state index is 0.162. The van der Waals surface area contributed by atoms with Crippen molar-refractivity contribution >= 4 is 17.0 Å². The number of hydrogen-bond donors (Lipinski definition) is 2. The third-order valence-electron chi connectivity index (χ3n) is 5.08. The largest absolute Gasteiger partial charge is 0.394 e. The van der Waals surface area contributed by atoms with Crippen molar-refractivity contribution in [2.75, 3.05) is 18.1 Å². The first-order valence-corrected chi connectivity index (χ1v) is 9.29. The van der Waals surface area contributed by atoms with Gasteiger partial charge in [0.05, 0.1) is 18.8 Å². The topological polar surface area (TPSA) is 131 Å². The van der Waals surface area contributed by atoms with Gasteiger partial charge in [-0.1, -0.05) is 26.0 Å². The number of aromatic nitrogens is 8. The lowest BCUT2D eigenvalue weighted by Gasteiger charge is -2.27. The van der Waals surface area contributed by atoms with E-state index in [1.807, 2.05) is 32.7 Å². The lowest BCUT2D eigenvalue weighted by Crippen LogP contribution is -2.39. The molecule has 11 nitrogen and oxygen atoms in total. The van der Waals surface area contributed by atoms with Gasteiger partial charge in [0.1, 0.15) is 24.5 Å². The molecule has 2 atom stereocenters. The van der Waals surface area contributed by atoms with Gasteiger partial charge in [-0.25, -0.2) is 19.6 Å². The first-order chi connectivity index (χ1) is 13.3. The maximum Gasteiger partial charge on any atom is 0.184 e. The molecule has 0 aromatic carbocycles. The Morgan fingerprint density at radius 3 is 2.68 bits per heavy atom. The van der Waals surface area contributed by atoms with Crippen molar-refractivity contribution in [1.82, 2.24) is 39.7 Å². The second kappa shape index (κ2) is 6.74. The summed E-state index contributed by atoms with van der Waals surface area (Å²) in [6.07, 6.45) is 1.45. The molecule has 0 radical (unpaired) electrons. The van der Waals surface area contributed by atoms with Gasteiger partial charge < -0.3 is 15.1 Å². The van der Waals surface area contributed by atoms with Crippen molar-refractivity contribution in [3.63, 3.8) is 0 Å². The molecular weight excluding hydrogens is 362 g/mol. The van der Waals surface area contributed by atoms with Crippen molar-refractivity contribution < 1.29 is 10.2 Å². The Hall–Kier alpha value is -2.66. The summed E-state index contributed by atoms with van der Waals surface area (Å²) < 4.78 is 3.36. The predicted molar refractivity (Wildman–Crippen MR) is 101 cm³/mol. The fraction of sp³-hybridized carbons (Fsp3) is 0.647. The molecule has 1 fully saturated rings. The van der Waals surface area contributed by atoms with Crippen LogP contribution in [0.5, 0.6) is 0 Å². The molecular formula is C17H25N9O2. The molecule has 2 N–H and O–H groups in total. The minimum Gasteiger partial charge on any atom is -0.394 e. The van der Waals surface area contributed by atoms with Crippen molar-refractivity contribution in [2.24, 2.45) is 7.05 Å². The van der Waals surface area contributed by atoms with E-state index in [1.54, 1.807) is 9.36 Å². The van der Waals surface area contributed by atoms with Crippen LogP contribution in [0.1, 0.15) is 38.8 Å². The Balaban J connectivity index is 1.86. The molecule has 3 aromatic rings. The Morgan fingerprint density at radius 2 is 2.04 bits per heavy atom. The summed E-state index contributed by atoms with van der Waals surface area (Å²) in [5.74, 6) is 1.97. The highest BCUT2D eigenvalue weighted by atomic mass is 16.3. The predicted octanol–water partition coefficient (Wildman–Crippen LogP) is -0.372. The van der Waals surface area contributed by atoms with Crippen LogP contribution in [-0.2, 0) is 19.0 Å². The summed E-state index contributed by atoms with van der Waals surface area (Å²) in [5.41, 5.74) is 0.842. The zero-order valence-electron chi connectivity index (χ0n) is 16.5. The summed E-state index contributed by atoms with van der Waals surface area (Å²) in [6.45, 7) is 6.91. The third kappa shape index (κ3) is 3.10. The molecule has 0 bridgehead atoms. The zero-order chi connectivity index (χ0) is 20.1. The summed E-state index contributed by atoms with van der Waals surface area (Å²) in [4.78, 5) is 15.6. The fourth-order valence-electron chi connectivity index (χ4n) is 3.40. The van der Waals surface area contributed by atoms with Crippen LogP contribution in [0.2, 0.25) is 0 Å². The van der Waals surface area contributed by atoms with E-state index in [-0.39, 0.29) is 12.0 Å². The van der Waals surface area contributed by atoms with Crippen LogP contribution in [0.25, 0.3) is 11.2 Å². The fourth-order valence-corrected chi connectivity index (χ4v) is 3.40. The smallest absolute Gasteiger partial charge is 0.184 e. The van der Waals surface area contributed by atoms with Gasteiger partial charge in [0.25, 0.3) is 0 Å². The van der Waals surface area contributed by atoms with Crippen molar-refractivity contribution in [1.29, 1.82) is 0 Å². The molecule has 0 amide bonds. The SMILES string of the molecule is Cn1ncnc1Cn1nnc2c(N3CC[C@H](O)[C@@H]3CO)nc(C(C)(C)C)nc21. The summed E-state index contributed by atoms with van der Waals surface area (Å²) in [7, 11) is 1.82. The quantitative estimate of drug-likeness (QED) is 0.615. The Bertz CT molecular complexity index is 990. The van der Waals surface area contributed by atoms with Crippen molar-refractivity contribution in [2.45, 2.75) is 51.3 Å². The number of aliphatic hydroxyl groups is 2. The van der Waals surface area contributed by atoms with Gasteiger partial charge in [-0.2, -0.15) is 5.10 Å². The van der Waals surface area contributed by atoms with Crippen LogP contribution in [0.3, 0.4) is 0 Å². The molecule has 28 heavy (non-hydrogen) atoms. The summed E-state index contributed by atoms with van der Waals surface area (Å²) >= 11 is 0. The Kier molecular flexibility index (Phi) is 4.50. The summed E-state index contributed by atoms with van der Waals surface area (Å²) in [5, 5.41) is 32.7. The van der Waals surface area contributed by atoms with Crippen LogP contribution in [0.15, 0.2) is 6.33 Å². The summed E-state index contributed by atoms with van der Waals surface area (Å²) in [6, 6.07) is -0.421. The monoisotopic (exact) mass is 387 g/mol. The molecule has 0 saturated carbocycles. The molecule has 0 spiro atoms. The lowest BCUT2D eigenvalue weighted by molar-refractivity contribution is 0.128. The number of rotatable bonds is 4. The maximum absolute atomic E-state index is 10.2. The highest BCUT2D eigenvalue weighted by molar-refractivity contribution is 5.83. The van der Waals surface area contributed by atoms with Crippen LogP contribution in [0, 0.1) is 0 Å². The molecule has 0 unspecified atom stereocenters. The van der Waals surface area contributed by atoms with E-state index in [9.17, 15) is 10.2 Å². The molecule has 1 saturated heterocycles. The maximum atomic E-state index is 10.2. The van der Waals surface area contributed by atoms with Crippen LogP contribution in [0.4, 0.5) is 5.82 Å². The van der Waals surface area contributed by atoms with Gasteiger partial charge in [-0.3, -0.25) is 4.68 Å². The molecule has 0 aliphatic carbocycles. The number of anilines is 1. The van der Waals surface area contributed by atoms with Gasteiger partial charge in [-0.15, -0.1) is 5.10 Å². The second-order valence-corrected chi connectivity index (χ2v) is 8.14. The molecule has 11 heteroatoms. The molecule has 3 aromatic heterocycles. The highest BCUT2D eigenvalue weighted by Gasteiger charge is 2.36. The van der Waals surface area contributed by atoms with Crippen molar-refractivity contribution in [3.8, 4) is 0 Å². The van der Waals surface area contributed by atoms with Gasteiger partial charge in [0.2, 0.25) is 0 Å². The van der Waals surface area contributed by atoms with Gasteiger partial charge >= 0.3 is 0 Å². The molecule has 4 heterocycles. The molecule has 150 valence electrons. The van der Waals surface area contributed by atoms with E-state index in [2.05, 4.69) is 20.4 Å². The van der Waals surface area contributed by atoms with Gasteiger partial charge in [0, 0.05) is 19.0 Å². The standard InChI is InChI=1S/C17H25N9O2/c1-17(2,3)16-20-14(25-6-5-11(28)10(25)8-27)13-15(21-16)26(23-22-13)7-12-18-9-19-24(12)4/h9-11,27-28H,5-8H2,1-4H3/t10-,11-/m0/s1. The van der Waals surface area contributed by atoms with Crippen LogP contribution < -0.4 is 4.90 Å². The molecule has 1 aliphatic heterocycles. The average molecular weight is 387 g/mol. The van der Waals surface area contributed by atoms with E-state index in [1.165, 1.54) is 6.33 Å². The third-order valence-corrected chi connectivity index (χ3v) is 5.08. The number of nitrogens with zero attached hydrogens (tertiary/aromatic N) is 9. The number of aryl methyl sites for hydroxylation is 1. The Labute approximate surface area is 162 Å². The van der Waals surface area contributed by atoms with E-state index in [0.717, 1.165) is 5.82 Å². The Morgan fingerprint density at radius 1 is 1.25 bits per heavy atom. The normalized spacial score (nSPS) is 20.4. The second-order valence-electron chi connectivity index (χ2n) is 8.14. The lowest BCUT2D eigenvalue weighted by atomic mass is 9.95. The van der Waals surface area contributed by atoms with Gasteiger partial charge in [-0.05, 0) is 6.42 Å². The van der Waals surface area contributed by atoms with E-state index in [4.69, 9.17) is 9.97 Å². The van der Waals surface area contributed by atoms with E-state index >= 15 is 0 Å². The number of fused-ring (bicyclic) bond motifs is 1. The highest BCUT2D eigenvalue weighted by Crippen LogP contribution is 2.31. The van der Waals surface area contributed by atoms with E-state index < -0.39 is 12.1 Å². The first-order valence-electron chi connectivity index (χ1n) is 9.29. The average Bonchev–Trinajstić information content (AvgIpc) is 3.33. The zero-order valence-corrected chi connectivity index (χ0v) is 16.5. The van der Waals surface area contributed by atoms with Crippen molar-refractivity contribution in [3.05, 3.63) is 18.0 Å². The van der Waals surface area contributed by atoms with Gasteiger partial charge in [0.15, 0.2) is 17.0 Å². The molecule has 4 rings (SSSR count). The first kappa shape index (κ1) is 18.7. The van der Waals surface area contributed by atoms with Crippen LogP contribution >= 0.6 is 0 Å². The van der Waals surface area contributed by atoms with E-state index in [0.29, 0.717) is 42.3 Å². The molecule has 1 aliphatic rings. The minimum atomic E-state index is -0.609.